The maximum Gasteiger partial charge on any atom is 0.432 e. The van der Waals surface area contributed by atoms with Crippen molar-refractivity contribution in [3.63, 3.8) is 0 Å². The largest absolute Gasteiger partial charge is 0.507 e. The van der Waals surface area contributed by atoms with Crippen LogP contribution in [-0.4, -0.2) is 17.0 Å². The lowest BCUT2D eigenvalue weighted by Crippen LogP contribution is -2.20. The Hall–Kier alpha value is -2.87. The van der Waals surface area contributed by atoms with Crippen LogP contribution in [0.5, 0.6) is 5.75 Å². The molecule has 1 atom stereocenters. The van der Waals surface area contributed by atoms with Crippen LogP contribution in [0.25, 0.3) is 16.8 Å². The fourth-order valence-corrected chi connectivity index (χ4v) is 4.01. The van der Waals surface area contributed by atoms with Gasteiger partial charge in [0.1, 0.15) is 11.5 Å². The Labute approximate surface area is 215 Å². The van der Waals surface area contributed by atoms with E-state index in [-0.39, 0.29) is 33.9 Å². The van der Waals surface area contributed by atoms with Gasteiger partial charge in [-0.15, -0.1) is 0 Å². The number of nitrogens with one attached hydrogen (secondary N) is 2. The van der Waals surface area contributed by atoms with Gasteiger partial charge in [-0.1, -0.05) is 50.6 Å². The van der Waals surface area contributed by atoms with Crippen LogP contribution in [0.3, 0.4) is 0 Å². The average molecular weight is 562 g/mol. The maximum absolute atomic E-state index is 14.1. The van der Waals surface area contributed by atoms with Crippen LogP contribution in [0.1, 0.15) is 16.7 Å². The van der Waals surface area contributed by atoms with Gasteiger partial charge in [-0.3, -0.25) is 5.41 Å². The molecule has 1 unspecified atom stereocenters. The van der Waals surface area contributed by atoms with E-state index in [4.69, 9.17) is 34.3 Å². The maximum atomic E-state index is 14.1. The summed E-state index contributed by atoms with van der Waals surface area (Å²) in [6, 6.07) is 13.2. The standard InChI is InChI=1S/C24H19Cl2F5N3OP/c25-14-4-1-12(2-5-14)11-34-19-8-6-15(18(32)10-20(33)23(27,28)29)22(35)21(19)13-3-7-17(26)16(9-13)24(30,31)36/h1-10,33-35H,11,32,36H2/b18-10-,33-20?. The van der Waals surface area contributed by atoms with E-state index >= 15 is 0 Å². The third kappa shape index (κ3) is 6.46. The predicted molar refractivity (Wildman–Crippen MR) is 137 cm³/mol. The number of nitrogens with two attached hydrogens (primary N) is 1. The highest BCUT2D eigenvalue weighted by molar-refractivity contribution is 7.17. The number of halogens is 7. The first-order chi connectivity index (χ1) is 16.7. The zero-order valence-electron chi connectivity index (χ0n) is 18.2. The van der Waals surface area contributed by atoms with Gasteiger partial charge in [0, 0.05) is 39.6 Å². The van der Waals surface area contributed by atoms with Crippen LogP contribution < -0.4 is 11.1 Å². The molecule has 0 radical (unpaired) electrons. The van der Waals surface area contributed by atoms with Crippen LogP contribution in [0.15, 0.2) is 60.7 Å². The van der Waals surface area contributed by atoms with E-state index in [1.165, 1.54) is 33.5 Å². The van der Waals surface area contributed by atoms with Crippen molar-refractivity contribution >= 4 is 49.5 Å². The minimum Gasteiger partial charge on any atom is -0.507 e. The number of allylic oxidation sites excluding steroid dienone is 1. The van der Waals surface area contributed by atoms with Gasteiger partial charge in [-0.05, 0) is 53.6 Å². The van der Waals surface area contributed by atoms with Gasteiger partial charge < -0.3 is 16.2 Å². The summed E-state index contributed by atoms with van der Waals surface area (Å²) in [7, 11) is 1.38. The van der Waals surface area contributed by atoms with Crippen molar-refractivity contribution in [2.45, 2.75) is 18.4 Å². The van der Waals surface area contributed by atoms with Crippen molar-refractivity contribution in [1.82, 2.24) is 0 Å². The number of hydrogen-bond donors (Lipinski definition) is 4. The predicted octanol–water partition coefficient (Wildman–Crippen LogP) is 7.78. The molecule has 3 aromatic carbocycles. The topological polar surface area (TPSA) is 82.1 Å². The number of benzene rings is 3. The Bertz CT molecular complexity index is 1320. The number of aromatic hydroxyl groups is 1. The molecule has 0 spiro atoms. The van der Waals surface area contributed by atoms with Gasteiger partial charge in [0.15, 0.2) is 0 Å². The molecule has 12 heteroatoms. The summed E-state index contributed by atoms with van der Waals surface area (Å²) < 4.78 is 66.7. The van der Waals surface area contributed by atoms with E-state index in [1.54, 1.807) is 24.3 Å². The summed E-state index contributed by atoms with van der Waals surface area (Å²) >= 11 is 11.8. The van der Waals surface area contributed by atoms with Gasteiger partial charge in [-0.25, -0.2) is 0 Å². The SMILES string of the molecule is N=C(/C=C(\N)c1ccc(NCc2ccc(Cl)cc2)c(-c2ccc(Cl)c(C(F)(F)P)c2)c1O)C(F)(F)F. The summed E-state index contributed by atoms with van der Waals surface area (Å²) in [5.74, 6) is -0.569. The van der Waals surface area contributed by atoms with Gasteiger partial charge in [-0.2, -0.15) is 22.0 Å². The molecule has 190 valence electrons. The fraction of sp³-hybridized carbons (Fsp3) is 0.125. The number of phenolic OH excluding ortho intramolecular Hbond substituents is 1. The van der Waals surface area contributed by atoms with Crippen LogP contribution in [0, 0.1) is 5.41 Å². The van der Waals surface area contributed by atoms with E-state index in [9.17, 15) is 27.1 Å². The Morgan fingerprint density at radius 3 is 2.25 bits per heavy atom. The number of anilines is 1. The minimum atomic E-state index is -4.95. The molecular formula is C24H19Cl2F5N3OP. The number of alkyl halides is 5. The van der Waals surface area contributed by atoms with Gasteiger partial charge in [0.2, 0.25) is 0 Å². The monoisotopic (exact) mass is 561 g/mol. The second kappa shape index (κ2) is 10.6. The smallest absolute Gasteiger partial charge is 0.432 e. The minimum absolute atomic E-state index is 0.00326. The Balaban J connectivity index is 2.15. The molecule has 0 saturated heterocycles. The van der Waals surface area contributed by atoms with Gasteiger partial charge in [0.25, 0.3) is 5.66 Å². The van der Waals surface area contributed by atoms with E-state index in [0.717, 1.165) is 11.6 Å². The first-order valence-electron chi connectivity index (χ1n) is 10.1. The molecule has 0 bridgehead atoms. The second-order valence-corrected chi connectivity index (χ2v) is 9.26. The van der Waals surface area contributed by atoms with Crippen LogP contribution in [0.4, 0.5) is 27.6 Å². The fourth-order valence-electron chi connectivity index (χ4n) is 3.31. The molecule has 0 amide bonds. The third-order valence-electron chi connectivity index (χ3n) is 5.10. The van der Waals surface area contributed by atoms with Crippen molar-refractivity contribution < 1.29 is 27.1 Å². The molecule has 0 aromatic heterocycles. The van der Waals surface area contributed by atoms with E-state index in [2.05, 4.69) is 5.32 Å². The normalized spacial score (nSPS) is 12.5. The average Bonchev–Trinajstić information content (AvgIpc) is 2.78. The quantitative estimate of drug-likeness (QED) is 0.135. The van der Waals surface area contributed by atoms with E-state index in [0.29, 0.717) is 11.1 Å². The third-order valence-corrected chi connectivity index (χ3v) is 6.00. The van der Waals surface area contributed by atoms with Crippen molar-refractivity contribution in [3.05, 3.63) is 87.4 Å². The lowest BCUT2D eigenvalue weighted by Gasteiger charge is -2.19. The summed E-state index contributed by atoms with van der Waals surface area (Å²) in [4.78, 5) is 0. The van der Waals surface area contributed by atoms with Crippen LogP contribution in [-0.2, 0) is 12.2 Å². The van der Waals surface area contributed by atoms with Gasteiger partial charge >= 0.3 is 6.18 Å². The molecule has 0 fully saturated rings. The number of phenols is 1. The molecule has 36 heavy (non-hydrogen) atoms. The molecular weight excluding hydrogens is 543 g/mol. The molecule has 5 N–H and O–H groups in total. The van der Waals surface area contributed by atoms with Gasteiger partial charge in [0.05, 0.1) is 5.02 Å². The molecule has 4 nitrogen and oxygen atoms in total. The zero-order chi connectivity index (χ0) is 26.8. The molecule has 0 aliphatic rings. The molecule has 0 aliphatic carbocycles. The Kier molecular flexibility index (Phi) is 8.18. The molecule has 0 saturated carbocycles. The molecule has 3 aromatic rings. The van der Waals surface area contributed by atoms with Crippen molar-refractivity contribution in [2.75, 3.05) is 5.32 Å². The molecule has 0 heterocycles. The highest BCUT2D eigenvalue weighted by Gasteiger charge is 2.33. The van der Waals surface area contributed by atoms with Crippen molar-refractivity contribution in [2.24, 2.45) is 5.73 Å². The zero-order valence-corrected chi connectivity index (χ0v) is 20.9. The summed E-state index contributed by atoms with van der Waals surface area (Å²) in [6.45, 7) is 0.243. The first-order valence-corrected chi connectivity index (χ1v) is 11.5. The van der Waals surface area contributed by atoms with Crippen LogP contribution >= 0.6 is 32.4 Å². The van der Waals surface area contributed by atoms with Crippen molar-refractivity contribution in [1.29, 1.82) is 5.41 Å². The van der Waals surface area contributed by atoms with E-state index in [1.807, 2.05) is 0 Å². The number of hydrogen-bond acceptors (Lipinski definition) is 4. The first kappa shape index (κ1) is 27.7. The summed E-state index contributed by atoms with van der Waals surface area (Å²) in [5, 5.41) is 21.6. The molecule has 0 aliphatic heterocycles. The lowest BCUT2D eigenvalue weighted by atomic mass is 9.96. The van der Waals surface area contributed by atoms with E-state index < -0.39 is 34.6 Å². The highest BCUT2D eigenvalue weighted by atomic mass is 35.5. The summed E-state index contributed by atoms with van der Waals surface area (Å²) in [5.41, 5.74) is 0.568. The molecule has 3 rings (SSSR count). The second-order valence-electron chi connectivity index (χ2n) is 7.69. The Morgan fingerprint density at radius 2 is 1.67 bits per heavy atom. The summed E-state index contributed by atoms with van der Waals surface area (Å²) in [6.07, 6.45) is -4.58. The van der Waals surface area contributed by atoms with Crippen LogP contribution in [0.2, 0.25) is 10.0 Å². The number of rotatable bonds is 7. The Morgan fingerprint density at radius 1 is 1.03 bits per heavy atom. The van der Waals surface area contributed by atoms with Crippen molar-refractivity contribution in [3.8, 4) is 16.9 Å². The lowest BCUT2D eigenvalue weighted by molar-refractivity contribution is -0.0584. The highest BCUT2D eigenvalue weighted by Crippen LogP contribution is 2.45.